The summed E-state index contributed by atoms with van der Waals surface area (Å²) < 4.78 is 11.2. The summed E-state index contributed by atoms with van der Waals surface area (Å²) in [6.07, 6.45) is 0.846. The Morgan fingerprint density at radius 2 is 1.84 bits per heavy atom. The molecule has 0 aliphatic carbocycles. The fourth-order valence-corrected chi connectivity index (χ4v) is 2.29. The number of hydrogen-bond acceptors (Lipinski definition) is 4. The van der Waals surface area contributed by atoms with E-state index in [0.717, 1.165) is 17.7 Å². The van der Waals surface area contributed by atoms with Crippen LogP contribution in [0.3, 0.4) is 0 Å². The van der Waals surface area contributed by atoms with Crippen LogP contribution >= 0.6 is 0 Å². The topological polar surface area (TPSA) is 88.7 Å². The van der Waals surface area contributed by atoms with E-state index in [0.29, 0.717) is 25.5 Å². The molecule has 0 aromatic heterocycles. The molecule has 7 heteroatoms. The minimum Gasteiger partial charge on any atom is -0.490 e. The third kappa shape index (κ3) is 6.17. The lowest BCUT2D eigenvalue weighted by Crippen LogP contribution is -2.52. The van der Waals surface area contributed by atoms with Gasteiger partial charge in [0, 0.05) is 18.5 Å². The highest BCUT2D eigenvalue weighted by Crippen LogP contribution is 2.30. The number of fused-ring (bicyclic) bond motifs is 1. The van der Waals surface area contributed by atoms with E-state index in [-0.39, 0.29) is 11.4 Å². The van der Waals surface area contributed by atoms with Gasteiger partial charge in [-0.15, -0.1) is 0 Å². The van der Waals surface area contributed by atoms with Crippen molar-refractivity contribution in [2.75, 3.05) is 13.2 Å². The molecule has 3 amide bonds. The van der Waals surface area contributed by atoms with Crippen LogP contribution in [-0.2, 0) is 11.3 Å². The first kappa shape index (κ1) is 18.9. The first-order chi connectivity index (χ1) is 11.7. The number of carbonyl (C=O) groups is 2. The van der Waals surface area contributed by atoms with Gasteiger partial charge in [-0.3, -0.25) is 4.79 Å². The number of benzene rings is 1. The van der Waals surface area contributed by atoms with Gasteiger partial charge in [-0.25, -0.2) is 4.79 Å². The Morgan fingerprint density at radius 1 is 1.16 bits per heavy atom. The Morgan fingerprint density at radius 3 is 2.52 bits per heavy atom. The van der Waals surface area contributed by atoms with E-state index in [1.807, 2.05) is 39.0 Å². The van der Waals surface area contributed by atoms with Gasteiger partial charge in [-0.2, -0.15) is 0 Å². The average Bonchev–Trinajstić information content (AvgIpc) is 2.76. The SMILES string of the molecule is CC(NC(=O)NCc1ccc2c(c1)OCCCO2)C(=O)NC(C)(C)C. The zero-order chi connectivity index (χ0) is 18.4. The Labute approximate surface area is 148 Å². The van der Waals surface area contributed by atoms with Crippen LogP contribution in [0.25, 0.3) is 0 Å². The van der Waals surface area contributed by atoms with Crippen molar-refractivity contribution in [3.63, 3.8) is 0 Å². The van der Waals surface area contributed by atoms with Gasteiger partial charge >= 0.3 is 6.03 Å². The molecule has 1 aliphatic rings. The van der Waals surface area contributed by atoms with Gasteiger partial charge in [0.2, 0.25) is 5.91 Å². The van der Waals surface area contributed by atoms with Crippen LogP contribution in [0.15, 0.2) is 18.2 Å². The van der Waals surface area contributed by atoms with Crippen molar-refractivity contribution < 1.29 is 19.1 Å². The van der Waals surface area contributed by atoms with Gasteiger partial charge in [0.25, 0.3) is 0 Å². The third-order valence-electron chi connectivity index (χ3n) is 3.50. The van der Waals surface area contributed by atoms with Crippen molar-refractivity contribution in [1.29, 1.82) is 0 Å². The predicted octanol–water partition coefficient (Wildman–Crippen LogP) is 1.95. The van der Waals surface area contributed by atoms with Gasteiger partial charge in [-0.1, -0.05) is 6.07 Å². The van der Waals surface area contributed by atoms with Crippen LogP contribution < -0.4 is 25.4 Å². The second kappa shape index (κ2) is 8.09. The molecule has 2 rings (SSSR count). The zero-order valence-electron chi connectivity index (χ0n) is 15.3. The van der Waals surface area contributed by atoms with Crippen molar-refractivity contribution in [2.24, 2.45) is 0 Å². The van der Waals surface area contributed by atoms with Crippen LogP contribution in [0.4, 0.5) is 4.79 Å². The zero-order valence-corrected chi connectivity index (χ0v) is 15.3. The van der Waals surface area contributed by atoms with E-state index in [4.69, 9.17) is 9.47 Å². The molecular formula is C18H27N3O4. The van der Waals surface area contributed by atoms with E-state index in [2.05, 4.69) is 16.0 Å². The fraction of sp³-hybridized carbons (Fsp3) is 0.556. The predicted molar refractivity (Wildman–Crippen MR) is 94.8 cm³/mol. The van der Waals surface area contributed by atoms with Crippen LogP contribution in [-0.4, -0.2) is 36.7 Å². The summed E-state index contributed by atoms with van der Waals surface area (Å²) in [6.45, 7) is 8.90. The maximum absolute atomic E-state index is 12.0. The van der Waals surface area contributed by atoms with Crippen molar-refractivity contribution in [2.45, 2.75) is 52.2 Å². The second-order valence-corrected chi connectivity index (χ2v) is 7.12. The van der Waals surface area contributed by atoms with E-state index >= 15 is 0 Å². The summed E-state index contributed by atoms with van der Waals surface area (Å²) in [4.78, 5) is 24.0. The molecule has 1 aromatic carbocycles. The molecule has 0 spiro atoms. The van der Waals surface area contributed by atoms with Crippen LogP contribution in [0.1, 0.15) is 39.7 Å². The van der Waals surface area contributed by atoms with Gasteiger partial charge in [0.15, 0.2) is 11.5 Å². The maximum atomic E-state index is 12.0. The highest BCUT2D eigenvalue weighted by atomic mass is 16.5. The van der Waals surface area contributed by atoms with Crippen LogP contribution in [0.5, 0.6) is 11.5 Å². The summed E-state index contributed by atoms with van der Waals surface area (Å²) in [5.74, 6) is 1.19. The molecule has 0 fully saturated rings. The Bertz CT molecular complexity index is 625. The van der Waals surface area contributed by atoms with E-state index in [1.54, 1.807) is 6.92 Å². The summed E-state index contributed by atoms with van der Waals surface area (Å²) in [5.41, 5.74) is 0.555. The molecule has 1 aromatic rings. The van der Waals surface area contributed by atoms with Crippen LogP contribution in [0.2, 0.25) is 0 Å². The first-order valence-electron chi connectivity index (χ1n) is 8.49. The maximum Gasteiger partial charge on any atom is 0.315 e. The molecular weight excluding hydrogens is 322 g/mol. The van der Waals surface area contributed by atoms with E-state index < -0.39 is 12.1 Å². The molecule has 0 bridgehead atoms. The molecule has 25 heavy (non-hydrogen) atoms. The van der Waals surface area contributed by atoms with Crippen molar-refractivity contribution >= 4 is 11.9 Å². The highest BCUT2D eigenvalue weighted by molar-refractivity contribution is 5.87. The first-order valence-corrected chi connectivity index (χ1v) is 8.49. The summed E-state index contributed by atoms with van der Waals surface area (Å²) in [7, 11) is 0. The monoisotopic (exact) mass is 349 g/mol. The van der Waals surface area contributed by atoms with Crippen molar-refractivity contribution in [3.8, 4) is 11.5 Å². The molecule has 0 saturated heterocycles. The van der Waals surface area contributed by atoms with Gasteiger partial charge < -0.3 is 25.4 Å². The molecule has 0 radical (unpaired) electrons. The number of urea groups is 1. The smallest absolute Gasteiger partial charge is 0.315 e. The number of nitrogens with one attached hydrogen (secondary N) is 3. The number of amides is 3. The Kier molecular flexibility index (Phi) is 6.12. The normalized spacial score (nSPS) is 14.9. The number of carbonyl (C=O) groups excluding carboxylic acids is 2. The molecule has 3 N–H and O–H groups in total. The summed E-state index contributed by atoms with van der Waals surface area (Å²) >= 11 is 0. The Hall–Kier alpha value is -2.44. The van der Waals surface area contributed by atoms with Crippen molar-refractivity contribution in [3.05, 3.63) is 23.8 Å². The summed E-state index contributed by atoms with van der Waals surface area (Å²) in [5, 5.41) is 8.20. The largest absolute Gasteiger partial charge is 0.490 e. The quantitative estimate of drug-likeness (QED) is 0.775. The molecule has 0 saturated carbocycles. The molecule has 1 heterocycles. The second-order valence-electron chi connectivity index (χ2n) is 7.12. The van der Waals surface area contributed by atoms with Gasteiger partial charge in [0.05, 0.1) is 13.2 Å². The van der Waals surface area contributed by atoms with E-state index in [9.17, 15) is 9.59 Å². The van der Waals surface area contributed by atoms with E-state index in [1.165, 1.54) is 0 Å². The number of rotatable bonds is 4. The lowest BCUT2D eigenvalue weighted by molar-refractivity contribution is -0.123. The third-order valence-corrected chi connectivity index (χ3v) is 3.50. The molecule has 138 valence electrons. The summed E-state index contributed by atoms with van der Waals surface area (Å²) in [6, 6.07) is 4.56. The minimum absolute atomic E-state index is 0.224. The van der Waals surface area contributed by atoms with Gasteiger partial charge in [-0.05, 0) is 45.4 Å². The van der Waals surface area contributed by atoms with Gasteiger partial charge in [0.1, 0.15) is 6.04 Å². The molecule has 1 atom stereocenters. The molecule has 1 unspecified atom stereocenters. The standard InChI is InChI=1S/C18H27N3O4/c1-12(16(22)21-18(2,3)4)20-17(23)19-11-13-6-7-14-15(10-13)25-9-5-8-24-14/h6-7,10,12H,5,8-9,11H2,1-4H3,(H,21,22)(H2,19,20,23). The minimum atomic E-state index is -0.622. The number of ether oxygens (including phenoxy) is 2. The molecule has 7 nitrogen and oxygen atoms in total. The lowest BCUT2D eigenvalue weighted by Gasteiger charge is -2.23. The highest BCUT2D eigenvalue weighted by Gasteiger charge is 2.20. The Balaban J connectivity index is 1.83. The average molecular weight is 349 g/mol. The lowest BCUT2D eigenvalue weighted by atomic mass is 10.1. The fourth-order valence-electron chi connectivity index (χ4n) is 2.29. The van der Waals surface area contributed by atoms with Crippen molar-refractivity contribution in [1.82, 2.24) is 16.0 Å². The molecule has 1 aliphatic heterocycles. The van der Waals surface area contributed by atoms with Crippen LogP contribution in [0, 0.1) is 0 Å². The number of hydrogen-bond donors (Lipinski definition) is 3.